The van der Waals surface area contributed by atoms with Gasteiger partial charge in [-0.3, -0.25) is 9.20 Å². The van der Waals surface area contributed by atoms with Crippen LogP contribution < -0.4 is 10.1 Å². The Labute approximate surface area is 210 Å². The van der Waals surface area contributed by atoms with Crippen molar-refractivity contribution in [2.24, 2.45) is 5.92 Å². The molecule has 0 spiro atoms. The van der Waals surface area contributed by atoms with E-state index in [2.05, 4.69) is 27.4 Å². The first kappa shape index (κ1) is 22.1. The van der Waals surface area contributed by atoms with Crippen LogP contribution >= 0.6 is 23.1 Å². The predicted octanol–water partition coefficient (Wildman–Crippen LogP) is 5.99. The van der Waals surface area contributed by atoms with Gasteiger partial charge in [-0.1, -0.05) is 36.9 Å². The molecule has 176 valence electrons. The van der Waals surface area contributed by atoms with Gasteiger partial charge in [0.1, 0.15) is 22.7 Å². The minimum atomic E-state index is -0.112. The minimum Gasteiger partial charge on any atom is -0.457 e. The van der Waals surface area contributed by atoms with Crippen LogP contribution in [0.25, 0.3) is 15.9 Å². The summed E-state index contributed by atoms with van der Waals surface area (Å²) in [5.41, 5.74) is 2.92. The van der Waals surface area contributed by atoms with Crippen molar-refractivity contribution in [3.05, 3.63) is 71.4 Å². The fraction of sp³-hybridized carbons (Fsp3) is 0.231. The molecule has 1 atom stereocenters. The molecule has 5 aromatic rings. The second kappa shape index (κ2) is 9.31. The molecule has 3 heterocycles. The first-order valence-electron chi connectivity index (χ1n) is 11.5. The lowest BCUT2D eigenvalue weighted by Gasteiger charge is -2.17. The largest absolute Gasteiger partial charge is 0.457 e. The van der Waals surface area contributed by atoms with Crippen LogP contribution in [-0.2, 0) is 17.6 Å². The van der Waals surface area contributed by atoms with E-state index in [4.69, 9.17) is 4.74 Å². The normalized spacial score (nSPS) is 15.3. The van der Waals surface area contributed by atoms with Crippen molar-refractivity contribution in [2.75, 3.05) is 11.1 Å². The van der Waals surface area contributed by atoms with Crippen LogP contribution in [0.4, 0.5) is 5.69 Å². The maximum Gasteiger partial charge on any atom is 0.234 e. The lowest BCUT2D eigenvalue weighted by atomic mass is 9.89. The third kappa shape index (κ3) is 4.49. The number of fused-ring (bicyclic) bond motifs is 5. The fourth-order valence-electron chi connectivity index (χ4n) is 4.38. The van der Waals surface area contributed by atoms with Gasteiger partial charge in [0.2, 0.25) is 5.91 Å². The number of hydrogen-bond donors (Lipinski definition) is 1. The smallest absolute Gasteiger partial charge is 0.234 e. The number of anilines is 1. The first-order valence-corrected chi connectivity index (χ1v) is 13.3. The summed E-state index contributed by atoms with van der Waals surface area (Å²) >= 11 is 3.13. The number of aromatic nitrogens is 4. The average Bonchev–Trinajstić information content (AvgIpc) is 3.45. The highest BCUT2D eigenvalue weighted by Gasteiger charge is 2.24. The van der Waals surface area contributed by atoms with E-state index in [0.717, 1.165) is 34.5 Å². The van der Waals surface area contributed by atoms with Crippen LogP contribution in [0.15, 0.2) is 66.1 Å². The summed E-state index contributed by atoms with van der Waals surface area (Å²) in [6.45, 7) is 2.31. The molecule has 1 N–H and O–H groups in total. The number of ether oxygens (including phenoxy) is 1. The number of thioether (sulfide) groups is 1. The van der Waals surface area contributed by atoms with Gasteiger partial charge in [-0.05, 0) is 67.1 Å². The summed E-state index contributed by atoms with van der Waals surface area (Å²) in [6, 6.07) is 16.9. The number of hydrogen-bond acceptors (Lipinski definition) is 7. The molecule has 9 heteroatoms. The van der Waals surface area contributed by atoms with Crippen LogP contribution in [0.5, 0.6) is 11.5 Å². The number of amides is 1. The molecule has 0 radical (unpaired) electrons. The van der Waals surface area contributed by atoms with Crippen molar-refractivity contribution in [1.82, 2.24) is 19.6 Å². The van der Waals surface area contributed by atoms with E-state index < -0.39 is 0 Å². The van der Waals surface area contributed by atoms with Crippen LogP contribution in [0.1, 0.15) is 23.8 Å². The van der Waals surface area contributed by atoms with Crippen molar-refractivity contribution >= 4 is 50.6 Å². The molecule has 0 fully saturated rings. The van der Waals surface area contributed by atoms with Crippen molar-refractivity contribution in [3.8, 4) is 11.5 Å². The fourth-order valence-corrected chi connectivity index (χ4v) is 6.42. The van der Waals surface area contributed by atoms with E-state index in [1.807, 2.05) is 59.0 Å². The highest BCUT2D eigenvalue weighted by atomic mass is 32.2. The molecule has 0 saturated heterocycles. The zero-order valence-corrected chi connectivity index (χ0v) is 20.7. The van der Waals surface area contributed by atoms with Gasteiger partial charge in [-0.25, -0.2) is 4.98 Å². The van der Waals surface area contributed by atoms with E-state index in [9.17, 15) is 4.79 Å². The van der Waals surface area contributed by atoms with Crippen molar-refractivity contribution in [2.45, 2.75) is 31.3 Å². The van der Waals surface area contributed by atoms with E-state index in [1.54, 1.807) is 17.7 Å². The van der Waals surface area contributed by atoms with E-state index in [0.29, 0.717) is 22.5 Å². The maximum absolute atomic E-state index is 12.6. The van der Waals surface area contributed by atoms with Crippen LogP contribution in [0.2, 0.25) is 0 Å². The molecule has 6 rings (SSSR count). The second-order valence-corrected chi connectivity index (χ2v) is 10.8. The lowest BCUT2D eigenvalue weighted by Crippen LogP contribution is -2.14. The Bertz CT molecular complexity index is 1510. The Hall–Kier alpha value is -3.43. The molecular weight excluding hydrogens is 478 g/mol. The number of carbonyl (C=O) groups is 1. The number of carbonyl (C=O) groups excluding carboxylic acids is 1. The van der Waals surface area contributed by atoms with Crippen LogP contribution in [0.3, 0.4) is 0 Å². The van der Waals surface area contributed by atoms with Gasteiger partial charge in [0.05, 0.1) is 11.1 Å². The molecule has 3 aromatic heterocycles. The first-order chi connectivity index (χ1) is 17.1. The van der Waals surface area contributed by atoms with E-state index in [-0.39, 0.29) is 11.7 Å². The van der Waals surface area contributed by atoms with Gasteiger partial charge in [-0.15, -0.1) is 21.5 Å². The molecular formula is C26H23N5O2S2. The minimum absolute atomic E-state index is 0.112. The molecule has 1 aliphatic carbocycles. The monoisotopic (exact) mass is 501 g/mol. The zero-order chi connectivity index (χ0) is 23.8. The summed E-state index contributed by atoms with van der Waals surface area (Å²) in [5, 5.41) is 13.5. The number of nitrogens with one attached hydrogen (secondary N) is 1. The Balaban J connectivity index is 1.12. The molecule has 0 bridgehead atoms. The number of para-hydroxylation sites is 1. The highest BCUT2D eigenvalue weighted by Crippen LogP contribution is 2.39. The number of nitrogens with zero attached hydrogens (tertiary/aromatic N) is 4. The number of rotatable bonds is 6. The molecule has 0 saturated carbocycles. The van der Waals surface area contributed by atoms with Crippen molar-refractivity contribution in [3.63, 3.8) is 0 Å². The SMILES string of the molecule is CC1CCc2c(sc3ncn4c(SCC(=O)Nc5ccc(Oc6ccccc6)cc5)nnc4c23)C1. The quantitative estimate of drug-likeness (QED) is 0.288. The standard InChI is InChI=1S/C26H23N5O2S2/c1-16-7-12-20-21(13-16)35-25-23(20)24-29-30-26(31(24)15-27-25)34-14-22(32)28-17-8-10-19(11-9-17)33-18-5-3-2-4-6-18/h2-6,8-11,15-16H,7,12-14H2,1H3,(H,28,32). The summed E-state index contributed by atoms with van der Waals surface area (Å²) in [7, 11) is 0. The summed E-state index contributed by atoms with van der Waals surface area (Å²) in [6.07, 6.45) is 5.13. The van der Waals surface area contributed by atoms with E-state index in [1.165, 1.54) is 28.6 Å². The third-order valence-corrected chi connectivity index (χ3v) is 8.23. The Morgan fingerprint density at radius 1 is 1.14 bits per heavy atom. The van der Waals surface area contributed by atoms with Crippen LogP contribution in [-0.4, -0.2) is 31.2 Å². The van der Waals surface area contributed by atoms with E-state index >= 15 is 0 Å². The predicted molar refractivity (Wildman–Crippen MR) is 140 cm³/mol. The Kier molecular flexibility index (Phi) is 5.87. The van der Waals surface area contributed by atoms with Gasteiger partial charge < -0.3 is 10.1 Å². The Morgan fingerprint density at radius 3 is 2.77 bits per heavy atom. The summed E-state index contributed by atoms with van der Waals surface area (Å²) < 4.78 is 7.70. The number of thiophene rings is 1. The van der Waals surface area contributed by atoms with Gasteiger partial charge in [0, 0.05) is 10.6 Å². The average molecular weight is 502 g/mol. The zero-order valence-electron chi connectivity index (χ0n) is 19.1. The molecule has 7 nitrogen and oxygen atoms in total. The summed E-state index contributed by atoms with van der Waals surface area (Å²) in [4.78, 5) is 19.7. The molecule has 35 heavy (non-hydrogen) atoms. The van der Waals surface area contributed by atoms with Crippen molar-refractivity contribution in [1.29, 1.82) is 0 Å². The lowest BCUT2D eigenvalue weighted by molar-refractivity contribution is -0.113. The molecule has 2 aromatic carbocycles. The van der Waals surface area contributed by atoms with Crippen LogP contribution in [0, 0.1) is 5.92 Å². The van der Waals surface area contributed by atoms with Gasteiger partial charge in [0.15, 0.2) is 10.8 Å². The molecule has 1 aliphatic rings. The maximum atomic E-state index is 12.6. The Morgan fingerprint density at radius 2 is 1.94 bits per heavy atom. The topological polar surface area (TPSA) is 81.4 Å². The van der Waals surface area contributed by atoms with Gasteiger partial charge in [0.25, 0.3) is 0 Å². The molecule has 1 unspecified atom stereocenters. The van der Waals surface area contributed by atoms with Crippen molar-refractivity contribution < 1.29 is 9.53 Å². The number of benzene rings is 2. The summed E-state index contributed by atoms with van der Waals surface area (Å²) in [5.74, 6) is 2.30. The molecule has 0 aliphatic heterocycles. The third-order valence-electron chi connectivity index (χ3n) is 6.12. The number of aryl methyl sites for hydroxylation is 1. The second-order valence-electron chi connectivity index (χ2n) is 8.73. The van der Waals surface area contributed by atoms with Gasteiger partial charge in [-0.2, -0.15) is 0 Å². The highest BCUT2D eigenvalue weighted by molar-refractivity contribution is 7.99. The van der Waals surface area contributed by atoms with Gasteiger partial charge >= 0.3 is 0 Å². The molecule has 1 amide bonds.